The Bertz CT molecular complexity index is 500. The molecule has 17 heavy (non-hydrogen) atoms. The Labute approximate surface area is 103 Å². The van der Waals surface area contributed by atoms with Crippen molar-refractivity contribution in [1.29, 1.82) is 0 Å². The van der Waals surface area contributed by atoms with Crippen LogP contribution in [0.1, 0.15) is 10.5 Å². The number of carbonyl (C=O) groups excluding carboxylic acids is 1. The molecule has 2 aromatic rings. The highest BCUT2D eigenvalue weighted by atomic mass is 35.5. The summed E-state index contributed by atoms with van der Waals surface area (Å²) in [5, 5.41) is 0.605. The summed E-state index contributed by atoms with van der Waals surface area (Å²) in [4.78, 5) is 20.5. The smallest absolute Gasteiger partial charge is 0.302 e. The van der Waals surface area contributed by atoms with Crippen molar-refractivity contribution in [3.8, 4) is 5.75 Å². The topological polar surface area (TPSA) is 51.2 Å². The van der Waals surface area contributed by atoms with Crippen LogP contribution in [0.2, 0.25) is 5.02 Å². The standard InChI is InChI=1S/C12H9ClN2O2/c13-9-4-6-10(7-5-9)17-15-12(16)11-3-1-2-8-14-11/h1-8H,(H,15,16). The molecule has 1 amide bonds. The van der Waals surface area contributed by atoms with Crippen LogP contribution in [0.25, 0.3) is 0 Å². The molecule has 1 aromatic carbocycles. The number of amides is 1. The molecule has 0 fully saturated rings. The zero-order valence-electron chi connectivity index (χ0n) is 8.76. The van der Waals surface area contributed by atoms with E-state index in [0.717, 1.165) is 0 Å². The van der Waals surface area contributed by atoms with Crippen LogP contribution in [0.3, 0.4) is 0 Å². The normalized spacial score (nSPS) is 9.71. The van der Waals surface area contributed by atoms with Crippen molar-refractivity contribution in [2.75, 3.05) is 0 Å². The molecule has 1 aromatic heterocycles. The van der Waals surface area contributed by atoms with Gasteiger partial charge in [-0.05, 0) is 36.4 Å². The van der Waals surface area contributed by atoms with Crippen molar-refractivity contribution in [1.82, 2.24) is 10.5 Å². The van der Waals surface area contributed by atoms with Gasteiger partial charge in [-0.15, -0.1) is 0 Å². The molecule has 0 aliphatic rings. The van der Waals surface area contributed by atoms with E-state index in [1.54, 1.807) is 42.5 Å². The summed E-state index contributed by atoms with van der Waals surface area (Å²) in [7, 11) is 0. The van der Waals surface area contributed by atoms with Crippen LogP contribution in [-0.2, 0) is 0 Å². The van der Waals surface area contributed by atoms with Gasteiger partial charge in [-0.3, -0.25) is 9.78 Å². The van der Waals surface area contributed by atoms with E-state index >= 15 is 0 Å². The fraction of sp³-hybridized carbons (Fsp3) is 0. The molecule has 0 atom stereocenters. The van der Waals surface area contributed by atoms with Crippen molar-refractivity contribution < 1.29 is 9.63 Å². The molecule has 0 bridgehead atoms. The highest BCUT2D eigenvalue weighted by molar-refractivity contribution is 6.30. The summed E-state index contributed by atoms with van der Waals surface area (Å²) < 4.78 is 0. The summed E-state index contributed by atoms with van der Waals surface area (Å²) >= 11 is 5.72. The number of benzene rings is 1. The number of hydrogen-bond donors (Lipinski definition) is 1. The van der Waals surface area contributed by atoms with Crippen molar-refractivity contribution in [2.45, 2.75) is 0 Å². The van der Waals surface area contributed by atoms with E-state index in [1.807, 2.05) is 0 Å². The number of carbonyl (C=O) groups is 1. The van der Waals surface area contributed by atoms with Crippen LogP contribution in [0.4, 0.5) is 0 Å². The second kappa shape index (κ2) is 5.32. The average molecular weight is 249 g/mol. The second-order valence-corrected chi connectivity index (χ2v) is 3.64. The van der Waals surface area contributed by atoms with Crippen LogP contribution in [-0.4, -0.2) is 10.9 Å². The van der Waals surface area contributed by atoms with Gasteiger partial charge in [0.1, 0.15) is 5.69 Å². The number of rotatable bonds is 3. The first-order valence-electron chi connectivity index (χ1n) is 4.89. The maximum Gasteiger partial charge on any atom is 0.302 e. The minimum absolute atomic E-state index is 0.293. The molecule has 86 valence electrons. The van der Waals surface area contributed by atoms with Gasteiger partial charge in [0.25, 0.3) is 0 Å². The third-order valence-corrected chi connectivity index (χ3v) is 2.22. The van der Waals surface area contributed by atoms with Crippen LogP contribution in [0.5, 0.6) is 5.75 Å². The first kappa shape index (κ1) is 11.4. The molecule has 0 spiro atoms. The minimum atomic E-state index is -0.402. The molecule has 2 rings (SSSR count). The Morgan fingerprint density at radius 1 is 1.18 bits per heavy atom. The lowest BCUT2D eigenvalue weighted by atomic mass is 10.3. The third-order valence-electron chi connectivity index (χ3n) is 1.97. The van der Waals surface area contributed by atoms with Crippen molar-refractivity contribution in [3.63, 3.8) is 0 Å². The molecule has 0 radical (unpaired) electrons. The van der Waals surface area contributed by atoms with Crippen LogP contribution >= 0.6 is 11.6 Å². The van der Waals surface area contributed by atoms with E-state index in [1.165, 1.54) is 6.20 Å². The summed E-state index contributed by atoms with van der Waals surface area (Å²) in [6.45, 7) is 0. The molecule has 1 heterocycles. The summed E-state index contributed by atoms with van der Waals surface area (Å²) in [5.74, 6) is 0.0965. The Balaban J connectivity index is 1.95. The molecular weight excluding hydrogens is 240 g/mol. The van der Waals surface area contributed by atoms with Crippen LogP contribution in [0.15, 0.2) is 48.7 Å². The molecular formula is C12H9ClN2O2. The zero-order valence-corrected chi connectivity index (χ0v) is 9.52. The van der Waals surface area contributed by atoms with Crippen LogP contribution < -0.4 is 10.3 Å². The monoisotopic (exact) mass is 248 g/mol. The maximum absolute atomic E-state index is 11.6. The molecule has 0 aliphatic heterocycles. The SMILES string of the molecule is O=C(NOc1ccc(Cl)cc1)c1ccccn1. The number of nitrogens with zero attached hydrogens (tertiary/aromatic N) is 1. The predicted molar refractivity (Wildman–Crippen MR) is 63.8 cm³/mol. The number of nitrogens with one attached hydrogen (secondary N) is 1. The Morgan fingerprint density at radius 2 is 1.94 bits per heavy atom. The van der Waals surface area contributed by atoms with Gasteiger partial charge < -0.3 is 4.84 Å². The largest absolute Gasteiger partial charge is 0.379 e. The lowest BCUT2D eigenvalue weighted by molar-refractivity contribution is 0.0754. The molecule has 0 saturated heterocycles. The first-order chi connectivity index (χ1) is 8.25. The Morgan fingerprint density at radius 3 is 2.59 bits per heavy atom. The number of halogens is 1. The van der Waals surface area contributed by atoms with Crippen LogP contribution in [0, 0.1) is 0 Å². The molecule has 0 saturated carbocycles. The predicted octanol–water partition coefficient (Wildman–Crippen LogP) is 2.46. The summed E-state index contributed by atoms with van der Waals surface area (Å²) in [6.07, 6.45) is 1.54. The Hall–Kier alpha value is -2.07. The van der Waals surface area contributed by atoms with Gasteiger partial charge in [0, 0.05) is 11.2 Å². The zero-order chi connectivity index (χ0) is 12.1. The molecule has 5 heteroatoms. The lowest BCUT2D eigenvalue weighted by Gasteiger charge is -2.06. The summed E-state index contributed by atoms with van der Waals surface area (Å²) in [5.41, 5.74) is 2.58. The molecule has 0 aliphatic carbocycles. The van der Waals surface area contributed by atoms with Gasteiger partial charge in [0.2, 0.25) is 0 Å². The fourth-order valence-electron chi connectivity index (χ4n) is 1.16. The van der Waals surface area contributed by atoms with Gasteiger partial charge in [-0.2, -0.15) is 5.48 Å². The van der Waals surface area contributed by atoms with E-state index in [4.69, 9.17) is 16.4 Å². The van der Waals surface area contributed by atoms with E-state index in [9.17, 15) is 4.79 Å². The quantitative estimate of drug-likeness (QED) is 0.849. The molecule has 0 unspecified atom stereocenters. The minimum Gasteiger partial charge on any atom is -0.379 e. The average Bonchev–Trinajstić information content (AvgIpc) is 2.39. The number of hydroxylamine groups is 1. The molecule has 1 N–H and O–H groups in total. The number of pyridine rings is 1. The van der Waals surface area contributed by atoms with Gasteiger partial charge >= 0.3 is 5.91 Å². The van der Waals surface area contributed by atoms with E-state index < -0.39 is 5.91 Å². The van der Waals surface area contributed by atoms with E-state index in [-0.39, 0.29) is 0 Å². The lowest BCUT2D eigenvalue weighted by Crippen LogP contribution is -2.27. The van der Waals surface area contributed by atoms with Crippen molar-refractivity contribution in [2.24, 2.45) is 0 Å². The van der Waals surface area contributed by atoms with E-state index in [0.29, 0.717) is 16.5 Å². The highest BCUT2D eigenvalue weighted by Crippen LogP contribution is 2.14. The highest BCUT2D eigenvalue weighted by Gasteiger charge is 2.06. The van der Waals surface area contributed by atoms with Crippen molar-refractivity contribution in [3.05, 3.63) is 59.4 Å². The van der Waals surface area contributed by atoms with Gasteiger partial charge in [-0.25, -0.2) is 0 Å². The molecule has 4 nitrogen and oxygen atoms in total. The van der Waals surface area contributed by atoms with E-state index in [2.05, 4.69) is 10.5 Å². The first-order valence-corrected chi connectivity index (χ1v) is 5.27. The number of aromatic nitrogens is 1. The summed E-state index contributed by atoms with van der Waals surface area (Å²) in [6, 6.07) is 11.7. The second-order valence-electron chi connectivity index (χ2n) is 3.20. The number of hydrogen-bond acceptors (Lipinski definition) is 3. The third kappa shape index (κ3) is 3.19. The van der Waals surface area contributed by atoms with Gasteiger partial charge in [-0.1, -0.05) is 17.7 Å². The van der Waals surface area contributed by atoms with Gasteiger partial charge in [0.05, 0.1) is 0 Å². The maximum atomic E-state index is 11.6. The van der Waals surface area contributed by atoms with Crippen molar-refractivity contribution >= 4 is 17.5 Å². The Kier molecular flexibility index (Phi) is 3.57. The fourth-order valence-corrected chi connectivity index (χ4v) is 1.28. The van der Waals surface area contributed by atoms with Gasteiger partial charge in [0.15, 0.2) is 5.75 Å².